The number of piperidine rings is 1. The third-order valence-electron chi connectivity index (χ3n) is 5.19. The summed E-state index contributed by atoms with van der Waals surface area (Å²) in [6, 6.07) is 4.03. The van der Waals surface area contributed by atoms with E-state index in [2.05, 4.69) is 10.6 Å². The third kappa shape index (κ3) is 4.52. The minimum Gasteiger partial charge on any atom is -0.497 e. The van der Waals surface area contributed by atoms with E-state index in [1.165, 1.54) is 14.2 Å². The summed E-state index contributed by atoms with van der Waals surface area (Å²) >= 11 is 0. The van der Waals surface area contributed by atoms with Gasteiger partial charge in [0, 0.05) is 31.6 Å². The molecule has 2 aliphatic heterocycles. The van der Waals surface area contributed by atoms with E-state index in [0.717, 1.165) is 0 Å². The molecule has 0 radical (unpaired) electrons. The highest BCUT2D eigenvalue weighted by atomic mass is 19.3. The van der Waals surface area contributed by atoms with Crippen LogP contribution in [0.5, 0.6) is 11.5 Å². The number of carbonyl (C=O) groups excluding carboxylic acids is 2. The Morgan fingerprint density at radius 1 is 1.21 bits per heavy atom. The highest BCUT2D eigenvalue weighted by Crippen LogP contribution is 2.27. The number of hydrogen-bond donors (Lipinski definition) is 2. The van der Waals surface area contributed by atoms with Gasteiger partial charge in [-0.25, -0.2) is 8.78 Å². The summed E-state index contributed by atoms with van der Waals surface area (Å²) in [6.07, 6.45) is 0.658. The molecule has 2 heterocycles. The Morgan fingerprint density at radius 2 is 1.93 bits per heavy atom. The van der Waals surface area contributed by atoms with Crippen molar-refractivity contribution < 1.29 is 27.8 Å². The maximum absolute atomic E-state index is 13.2. The molecular weight excluding hydrogens is 372 g/mol. The lowest BCUT2D eigenvalue weighted by Gasteiger charge is -2.33. The van der Waals surface area contributed by atoms with Crippen molar-refractivity contribution in [2.24, 2.45) is 0 Å². The quantitative estimate of drug-likeness (QED) is 0.786. The molecule has 28 heavy (non-hydrogen) atoms. The number of alkyl halides is 2. The van der Waals surface area contributed by atoms with Crippen LogP contribution < -0.4 is 20.1 Å². The van der Waals surface area contributed by atoms with Crippen molar-refractivity contribution in [3.05, 3.63) is 23.8 Å². The highest BCUT2D eigenvalue weighted by molar-refractivity contribution is 5.97. The Hall–Kier alpha value is -2.42. The molecule has 0 aromatic heterocycles. The zero-order chi connectivity index (χ0) is 20.3. The fourth-order valence-corrected chi connectivity index (χ4v) is 3.58. The first kappa shape index (κ1) is 20.3. The van der Waals surface area contributed by atoms with Gasteiger partial charge in [0.1, 0.15) is 11.5 Å². The Morgan fingerprint density at radius 3 is 2.50 bits per heavy atom. The van der Waals surface area contributed by atoms with Crippen LogP contribution in [0.1, 0.15) is 29.6 Å². The van der Waals surface area contributed by atoms with E-state index in [-0.39, 0.29) is 11.9 Å². The van der Waals surface area contributed by atoms with Gasteiger partial charge in [0.15, 0.2) is 0 Å². The molecule has 0 spiro atoms. The summed E-state index contributed by atoms with van der Waals surface area (Å²) in [7, 11) is 3.03. The van der Waals surface area contributed by atoms with Crippen LogP contribution in [0.15, 0.2) is 18.2 Å². The molecule has 2 amide bonds. The maximum Gasteiger partial charge on any atom is 0.262 e. The fraction of sp³-hybridized carbons (Fsp3) is 0.579. The summed E-state index contributed by atoms with van der Waals surface area (Å²) in [6.45, 7) is 0.460. The minimum absolute atomic E-state index is 0.134. The lowest BCUT2D eigenvalue weighted by molar-refractivity contribution is -0.124. The Bertz CT molecular complexity index is 736. The van der Waals surface area contributed by atoms with E-state index in [9.17, 15) is 18.4 Å². The largest absolute Gasteiger partial charge is 0.497 e. The molecule has 1 aromatic carbocycles. The second-order valence-corrected chi connectivity index (χ2v) is 7.13. The van der Waals surface area contributed by atoms with Crippen molar-refractivity contribution in [1.82, 2.24) is 15.5 Å². The molecule has 2 saturated heterocycles. The Labute approximate surface area is 162 Å². The van der Waals surface area contributed by atoms with Crippen LogP contribution in [0.3, 0.4) is 0 Å². The third-order valence-corrected chi connectivity index (χ3v) is 5.19. The molecule has 2 N–H and O–H groups in total. The normalized spacial score (nSPS) is 22.0. The molecule has 0 bridgehead atoms. The molecule has 154 valence electrons. The van der Waals surface area contributed by atoms with E-state index in [1.807, 2.05) is 0 Å². The number of rotatable bonds is 5. The van der Waals surface area contributed by atoms with Gasteiger partial charge in [-0.15, -0.1) is 0 Å². The van der Waals surface area contributed by atoms with Crippen LogP contribution in [0.2, 0.25) is 0 Å². The second kappa shape index (κ2) is 8.30. The summed E-state index contributed by atoms with van der Waals surface area (Å²) in [5.74, 6) is -2.36. The van der Waals surface area contributed by atoms with E-state index in [4.69, 9.17) is 9.47 Å². The van der Waals surface area contributed by atoms with Gasteiger partial charge in [0.2, 0.25) is 5.91 Å². The van der Waals surface area contributed by atoms with E-state index < -0.39 is 30.8 Å². The summed E-state index contributed by atoms with van der Waals surface area (Å²) in [5, 5.41) is 5.38. The number of carbonyl (C=O) groups is 2. The number of ether oxygens (including phenoxy) is 2. The summed E-state index contributed by atoms with van der Waals surface area (Å²) in [4.78, 5) is 26.7. The van der Waals surface area contributed by atoms with Crippen LogP contribution in [-0.4, -0.2) is 68.6 Å². The summed E-state index contributed by atoms with van der Waals surface area (Å²) < 4.78 is 36.9. The minimum atomic E-state index is -2.84. The predicted molar refractivity (Wildman–Crippen MR) is 98.0 cm³/mol. The molecule has 0 aliphatic carbocycles. The first-order valence-electron chi connectivity index (χ1n) is 9.26. The number of amides is 2. The van der Waals surface area contributed by atoms with Gasteiger partial charge in [0.25, 0.3) is 11.8 Å². The molecule has 1 aromatic rings. The van der Waals surface area contributed by atoms with Crippen molar-refractivity contribution >= 4 is 11.8 Å². The molecule has 2 fully saturated rings. The van der Waals surface area contributed by atoms with Crippen LogP contribution in [0.25, 0.3) is 0 Å². The lowest BCUT2D eigenvalue weighted by atomic mass is 10.0. The average Bonchev–Trinajstić information content (AvgIpc) is 3.07. The van der Waals surface area contributed by atoms with E-state index in [1.54, 1.807) is 23.1 Å². The zero-order valence-corrected chi connectivity index (χ0v) is 16.0. The lowest BCUT2D eigenvalue weighted by Crippen LogP contribution is -2.50. The van der Waals surface area contributed by atoms with Crippen molar-refractivity contribution in [2.45, 2.75) is 37.3 Å². The molecule has 1 atom stereocenters. The first-order valence-corrected chi connectivity index (χ1v) is 9.26. The number of halogens is 2. The molecule has 2 aliphatic rings. The monoisotopic (exact) mass is 397 g/mol. The van der Waals surface area contributed by atoms with Gasteiger partial charge in [-0.2, -0.15) is 0 Å². The van der Waals surface area contributed by atoms with E-state index >= 15 is 0 Å². The zero-order valence-electron chi connectivity index (χ0n) is 16.0. The number of likely N-dealkylation sites (tertiary alicyclic amines) is 1. The van der Waals surface area contributed by atoms with Gasteiger partial charge >= 0.3 is 0 Å². The van der Waals surface area contributed by atoms with Gasteiger partial charge < -0.3 is 19.7 Å². The maximum atomic E-state index is 13.2. The standard InChI is InChI=1S/C19H25F2N3O4/c1-27-13-3-4-14(16(9-13)28-2)18(26)24-7-5-12(6-8-24)23-17(25)15-10-19(20,21)11-22-15/h3-4,9,12,15,22H,5-8,10-11H2,1-2H3,(H,23,25). The molecule has 3 rings (SSSR count). The molecule has 9 heteroatoms. The van der Waals surface area contributed by atoms with Crippen LogP contribution >= 0.6 is 0 Å². The first-order chi connectivity index (χ1) is 13.3. The number of nitrogens with one attached hydrogen (secondary N) is 2. The van der Waals surface area contributed by atoms with Crippen LogP contribution in [0.4, 0.5) is 8.78 Å². The van der Waals surface area contributed by atoms with Crippen molar-refractivity contribution in [3.8, 4) is 11.5 Å². The topological polar surface area (TPSA) is 79.9 Å². The summed E-state index contributed by atoms with van der Waals surface area (Å²) in [5.41, 5.74) is 0.447. The van der Waals surface area contributed by atoms with Crippen LogP contribution in [-0.2, 0) is 4.79 Å². The SMILES string of the molecule is COc1ccc(C(=O)N2CCC(NC(=O)C3CC(F)(F)CN3)CC2)c(OC)c1. The van der Waals surface area contributed by atoms with Crippen LogP contribution in [0, 0.1) is 0 Å². The van der Waals surface area contributed by atoms with Gasteiger partial charge in [-0.05, 0) is 25.0 Å². The van der Waals surface area contributed by atoms with E-state index in [0.29, 0.717) is 43.0 Å². The van der Waals surface area contributed by atoms with Gasteiger partial charge in [-0.1, -0.05) is 0 Å². The molecule has 0 saturated carbocycles. The van der Waals surface area contributed by atoms with Gasteiger partial charge in [-0.3, -0.25) is 14.9 Å². The second-order valence-electron chi connectivity index (χ2n) is 7.13. The average molecular weight is 397 g/mol. The van der Waals surface area contributed by atoms with Gasteiger partial charge in [0.05, 0.1) is 32.4 Å². The van der Waals surface area contributed by atoms with Crippen molar-refractivity contribution in [2.75, 3.05) is 33.9 Å². The van der Waals surface area contributed by atoms with Crippen molar-refractivity contribution in [3.63, 3.8) is 0 Å². The molecule has 1 unspecified atom stereocenters. The Kier molecular flexibility index (Phi) is 6.02. The fourth-order valence-electron chi connectivity index (χ4n) is 3.58. The highest BCUT2D eigenvalue weighted by Gasteiger charge is 2.42. The number of nitrogens with zero attached hydrogens (tertiary/aromatic N) is 1. The molecular formula is C19H25F2N3O4. The number of hydrogen-bond acceptors (Lipinski definition) is 5. The smallest absolute Gasteiger partial charge is 0.262 e. The number of methoxy groups -OCH3 is 2. The number of benzene rings is 1. The Balaban J connectivity index is 1.54. The molecule has 7 nitrogen and oxygen atoms in total. The predicted octanol–water partition coefficient (Wildman–Crippen LogP) is 1.42. The van der Waals surface area contributed by atoms with Crippen molar-refractivity contribution in [1.29, 1.82) is 0 Å².